The molecule has 2 N–H and O–H groups in total. The van der Waals surface area contributed by atoms with E-state index in [0.717, 1.165) is 21.1 Å². The SMILES string of the molecule is CCc1ccc(Sc2c(OC(C)C)c(C#N)c(C#N)c(OC(C)C)c2Sc2ccccc2N)cc1. The van der Waals surface area contributed by atoms with Crippen molar-refractivity contribution in [3.8, 4) is 23.6 Å². The lowest BCUT2D eigenvalue weighted by molar-refractivity contribution is 0.223. The normalized spacial score (nSPS) is 10.8. The number of benzene rings is 3. The summed E-state index contributed by atoms with van der Waals surface area (Å²) >= 11 is 2.90. The van der Waals surface area contributed by atoms with Gasteiger partial charge in [-0.15, -0.1) is 0 Å². The first-order valence-corrected chi connectivity index (χ1v) is 13.1. The van der Waals surface area contributed by atoms with Gasteiger partial charge >= 0.3 is 0 Å². The number of hydrogen-bond donors (Lipinski definition) is 1. The first-order valence-electron chi connectivity index (χ1n) is 11.5. The quantitative estimate of drug-likeness (QED) is 0.303. The van der Waals surface area contributed by atoms with E-state index in [1.165, 1.54) is 29.1 Å². The number of rotatable bonds is 9. The number of aryl methyl sites for hydroxylation is 1. The highest BCUT2D eigenvalue weighted by Gasteiger charge is 2.29. The molecule has 0 unspecified atom stereocenters. The molecule has 3 rings (SSSR count). The Morgan fingerprint density at radius 3 is 1.77 bits per heavy atom. The molecular formula is C28H29N3O2S2. The predicted molar refractivity (Wildman–Crippen MR) is 142 cm³/mol. The molecule has 3 aromatic rings. The van der Waals surface area contributed by atoms with E-state index in [9.17, 15) is 10.5 Å². The predicted octanol–water partition coefficient (Wildman–Crippen LogP) is 7.45. The molecular weight excluding hydrogens is 474 g/mol. The Labute approximate surface area is 216 Å². The fourth-order valence-electron chi connectivity index (χ4n) is 3.35. The summed E-state index contributed by atoms with van der Waals surface area (Å²) in [5.74, 6) is 0.757. The van der Waals surface area contributed by atoms with Crippen molar-refractivity contribution in [2.24, 2.45) is 0 Å². The lowest BCUT2D eigenvalue weighted by atomic mass is 10.1. The van der Waals surface area contributed by atoms with Crippen LogP contribution in [0.4, 0.5) is 5.69 Å². The zero-order valence-electron chi connectivity index (χ0n) is 20.6. The standard InChI is InChI=1S/C28H29N3O2S2/c1-6-19-11-13-20(14-12-19)34-27-25(32-17(2)3)21(15-29)22(16-30)26(33-18(4)5)28(27)35-24-10-8-7-9-23(24)31/h7-14,17-18H,6,31H2,1-5H3. The maximum Gasteiger partial charge on any atom is 0.154 e. The first-order chi connectivity index (χ1) is 16.8. The second-order valence-corrected chi connectivity index (χ2v) is 10.5. The van der Waals surface area contributed by atoms with Gasteiger partial charge in [0.1, 0.15) is 23.3 Å². The van der Waals surface area contributed by atoms with Crippen LogP contribution in [0.25, 0.3) is 0 Å². The molecule has 0 aliphatic heterocycles. The number of nitrogens with two attached hydrogens (primary N) is 1. The second kappa shape index (κ2) is 11.9. The van der Waals surface area contributed by atoms with Crippen molar-refractivity contribution in [1.29, 1.82) is 10.5 Å². The molecule has 0 spiro atoms. The van der Waals surface area contributed by atoms with Gasteiger partial charge in [0, 0.05) is 15.5 Å². The number of nitriles is 2. The zero-order valence-corrected chi connectivity index (χ0v) is 22.2. The van der Waals surface area contributed by atoms with Gasteiger partial charge in [0.2, 0.25) is 0 Å². The number of para-hydroxylation sites is 1. The van der Waals surface area contributed by atoms with Crippen molar-refractivity contribution >= 4 is 29.2 Å². The summed E-state index contributed by atoms with van der Waals surface area (Å²) in [6.45, 7) is 9.71. The summed E-state index contributed by atoms with van der Waals surface area (Å²) in [5, 5.41) is 20.2. The number of hydrogen-bond acceptors (Lipinski definition) is 7. The Hall–Kier alpha value is -3.26. The van der Waals surface area contributed by atoms with Crippen molar-refractivity contribution in [1.82, 2.24) is 0 Å². The highest BCUT2D eigenvalue weighted by molar-refractivity contribution is 8.02. The van der Waals surface area contributed by atoms with E-state index in [4.69, 9.17) is 15.2 Å². The van der Waals surface area contributed by atoms with E-state index in [-0.39, 0.29) is 23.3 Å². The van der Waals surface area contributed by atoms with Gasteiger partial charge in [-0.1, -0.05) is 54.7 Å². The third kappa shape index (κ3) is 6.25. The molecule has 0 fully saturated rings. The molecule has 0 aliphatic rings. The van der Waals surface area contributed by atoms with E-state index in [0.29, 0.717) is 22.1 Å². The molecule has 0 radical (unpaired) electrons. The molecule has 0 atom stereocenters. The number of nitrogen functional groups attached to an aromatic ring is 1. The maximum absolute atomic E-state index is 10.1. The van der Waals surface area contributed by atoms with E-state index in [1.807, 2.05) is 52.0 Å². The largest absolute Gasteiger partial charge is 0.488 e. The van der Waals surface area contributed by atoms with Crippen LogP contribution in [0, 0.1) is 22.7 Å². The number of nitrogens with zero attached hydrogens (tertiary/aromatic N) is 2. The van der Waals surface area contributed by atoms with Gasteiger partial charge in [0.05, 0.1) is 22.0 Å². The van der Waals surface area contributed by atoms with Crippen LogP contribution in [0.1, 0.15) is 51.3 Å². The molecule has 0 saturated carbocycles. The topological polar surface area (TPSA) is 92.1 Å². The van der Waals surface area contributed by atoms with Crippen LogP contribution in [0.3, 0.4) is 0 Å². The molecule has 0 aliphatic carbocycles. The lowest BCUT2D eigenvalue weighted by Crippen LogP contribution is -2.13. The average molecular weight is 504 g/mol. The van der Waals surface area contributed by atoms with Gasteiger partial charge in [-0.25, -0.2) is 0 Å². The molecule has 0 saturated heterocycles. The summed E-state index contributed by atoms with van der Waals surface area (Å²) < 4.78 is 12.4. The molecule has 7 heteroatoms. The van der Waals surface area contributed by atoms with Crippen LogP contribution in [-0.2, 0) is 6.42 Å². The zero-order chi connectivity index (χ0) is 25.5. The third-order valence-corrected chi connectivity index (χ3v) is 7.35. The van der Waals surface area contributed by atoms with Gasteiger partial charge in [-0.3, -0.25) is 0 Å². The Morgan fingerprint density at radius 1 is 0.800 bits per heavy atom. The van der Waals surface area contributed by atoms with Gasteiger partial charge in [0.25, 0.3) is 0 Å². The van der Waals surface area contributed by atoms with Crippen LogP contribution in [0.15, 0.2) is 68.1 Å². The molecule has 5 nitrogen and oxygen atoms in total. The van der Waals surface area contributed by atoms with Crippen molar-refractivity contribution in [3.05, 3.63) is 65.2 Å². The monoisotopic (exact) mass is 503 g/mol. The molecule has 0 amide bonds. The van der Waals surface area contributed by atoms with Crippen molar-refractivity contribution in [3.63, 3.8) is 0 Å². The maximum atomic E-state index is 10.1. The van der Waals surface area contributed by atoms with E-state index in [1.54, 1.807) is 0 Å². The van der Waals surface area contributed by atoms with Crippen molar-refractivity contribution in [2.75, 3.05) is 5.73 Å². The van der Waals surface area contributed by atoms with Gasteiger partial charge in [-0.2, -0.15) is 10.5 Å². The van der Waals surface area contributed by atoms with Crippen LogP contribution in [0.5, 0.6) is 11.5 Å². The van der Waals surface area contributed by atoms with Gasteiger partial charge in [0.15, 0.2) is 11.5 Å². The summed E-state index contributed by atoms with van der Waals surface area (Å²) in [5.41, 5.74) is 8.48. The Balaban J connectivity index is 2.36. The van der Waals surface area contributed by atoms with Gasteiger partial charge in [-0.05, 0) is 63.9 Å². The van der Waals surface area contributed by atoms with Crippen LogP contribution in [-0.4, -0.2) is 12.2 Å². The van der Waals surface area contributed by atoms with Crippen LogP contribution < -0.4 is 15.2 Å². The minimum absolute atomic E-state index is 0.166. The fraction of sp³-hybridized carbons (Fsp3) is 0.286. The van der Waals surface area contributed by atoms with Crippen molar-refractivity contribution in [2.45, 2.75) is 72.8 Å². The Bertz CT molecular complexity index is 1270. The molecule has 0 heterocycles. The van der Waals surface area contributed by atoms with E-state index in [2.05, 4.69) is 43.3 Å². The average Bonchev–Trinajstić information content (AvgIpc) is 2.83. The van der Waals surface area contributed by atoms with E-state index >= 15 is 0 Å². The molecule has 35 heavy (non-hydrogen) atoms. The Kier molecular flexibility index (Phi) is 8.98. The summed E-state index contributed by atoms with van der Waals surface area (Å²) in [4.78, 5) is 3.24. The van der Waals surface area contributed by atoms with E-state index < -0.39 is 0 Å². The number of anilines is 1. The smallest absolute Gasteiger partial charge is 0.154 e. The fourth-order valence-corrected chi connectivity index (χ4v) is 5.52. The number of ether oxygens (including phenoxy) is 2. The molecule has 0 bridgehead atoms. The molecule has 3 aromatic carbocycles. The third-order valence-electron chi connectivity index (χ3n) is 4.94. The Morgan fingerprint density at radius 2 is 1.31 bits per heavy atom. The summed E-state index contributed by atoms with van der Waals surface area (Å²) in [7, 11) is 0. The minimum Gasteiger partial charge on any atom is -0.488 e. The summed E-state index contributed by atoms with van der Waals surface area (Å²) in [6.07, 6.45) is 0.537. The minimum atomic E-state index is -0.209. The molecule has 0 aromatic heterocycles. The highest BCUT2D eigenvalue weighted by atomic mass is 32.2. The van der Waals surface area contributed by atoms with Crippen molar-refractivity contribution < 1.29 is 9.47 Å². The van der Waals surface area contributed by atoms with Crippen LogP contribution in [0.2, 0.25) is 0 Å². The highest BCUT2D eigenvalue weighted by Crippen LogP contribution is 2.53. The van der Waals surface area contributed by atoms with Gasteiger partial charge < -0.3 is 15.2 Å². The second-order valence-electron chi connectivity index (χ2n) is 8.36. The van der Waals surface area contributed by atoms with Crippen LogP contribution >= 0.6 is 23.5 Å². The molecule has 180 valence electrons. The lowest BCUT2D eigenvalue weighted by Gasteiger charge is -2.24. The summed E-state index contributed by atoms with van der Waals surface area (Å²) in [6, 6.07) is 20.3. The first kappa shape index (κ1) is 26.3.